The number of hydrogen-bond donors (Lipinski definition) is 0. The number of aromatic nitrogens is 4. The Morgan fingerprint density at radius 3 is 1.80 bits per heavy atom. The molecule has 2 aromatic rings. The monoisotopic (exact) mass is 443 g/mol. The minimum absolute atomic E-state index is 0.0625. The summed E-state index contributed by atoms with van der Waals surface area (Å²) in [5, 5.41) is 1.11. The average molecular weight is 446 g/mol. The zero-order valence-corrected chi connectivity index (χ0v) is 16.9. The van der Waals surface area contributed by atoms with Crippen molar-refractivity contribution in [2.24, 2.45) is 0 Å². The zero-order chi connectivity index (χ0) is 18.4. The molecule has 0 unspecified atom stereocenters. The molecule has 2 aromatic heterocycles. The quantitative estimate of drug-likeness (QED) is 0.487. The molecule has 0 aliphatic carbocycles. The topological polar surface area (TPSA) is 64.0 Å². The van der Waals surface area contributed by atoms with Gasteiger partial charge in [0.15, 0.2) is 0 Å². The van der Waals surface area contributed by atoms with Crippen LogP contribution in [-0.2, 0) is 4.74 Å². The highest BCUT2D eigenvalue weighted by molar-refractivity contribution is 6.35. The minimum atomic E-state index is 0.0625. The molecule has 136 valence electrons. The molecule has 1 saturated heterocycles. The Morgan fingerprint density at radius 2 is 1.32 bits per heavy atom. The summed E-state index contributed by atoms with van der Waals surface area (Å²) in [5.41, 5.74) is 0. The summed E-state index contributed by atoms with van der Waals surface area (Å²) < 4.78 is 5.32. The number of hydrogen-bond acceptors (Lipinski definition) is 6. The zero-order valence-electron chi connectivity index (χ0n) is 13.1. The maximum Gasteiger partial charge on any atom is 0.225 e. The van der Waals surface area contributed by atoms with E-state index in [2.05, 4.69) is 24.8 Å². The van der Waals surface area contributed by atoms with Crippen molar-refractivity contribution in [2.45, 2.75) is 18.9 Å². The molecule has 3 heterocycles. The molecule has 11 heteroatoms. The lowest BCUT2D eigenvalue weighted by Crippen LogP contribution is -2.37. The largest absolute Gasteiger partial charge is 0.381 e. The van der Waals surface area contributed by atoms with Crippen LogP contribution in [0.15, 0.2) is 12.1 Å². The average Bonchev–Trinajstić information content (AvgIpc) is 2.53. The Bertz CT molecular complexity index is 643. The van der Waals surface area contributed by atoms with Crippen molar-refractivity contribution in [3.05, 3.63) is 38.2 Å². The Morgan fingerprint density at radius 1 is 0.840 bits per heavy atom. The van der Waals surface area contributed by atoms with Crippen molar-refractivity contribution < 1.29 is 4.74 Å². The van der Waals surface area contributed by atoms with Crippen LogP contribution in [0, 0.1) is 0 Å². The number of rotatable bonds is 2. The Hall–Kier alpha value is -0.630. The maximum absolute atomic E-state index is 5.85. The van der Waals surface area contributed by atoms with Crippen molar-refractivity contribution in [2.75, 3.05) is 25.2 Å². The molecule has 1 aliphatic rings. The lowest BCUT2D eigenvalue weighted by atomic mass is 10.1. The van der Waals surface area contributed by atoms with Crippen molar-refractivity contribution >= 4 is 63.8 Å². The SMILES string of the molecule is CN(c1cc(Cl)nc(Cl)n1)C1CCOCC1.Clc1cc(Cl)nc(Cl)n1. The van der Waals surface area contributed by atoms with E-state index in [1.807, 2.05) is 7.05 Å². The Balaban J connectivity index is 0.000000212. The highest BCUT2D eigenvalue weighted by Crippen LogP contribution is 2.22. The molecule has 0 aromatic carbocycles. The fourth-order valence-electron chi connectivity index (χ4n) is 2.18. The van der Waals surface area contributed by atoms with E-state index in [-0.39, 0.29) is 20.9 Å². The van der Waals surface area contributed by atoms with Crippen molar-refractivity contribution in [1.29, 1.82) is 0 Å². The van der Waals surface area contributed by atoms with Gasteiger partial charge in [-0.1, -0.05) is 34.8 Å². The van der Waals surface area contributed by atoms with Gasteiger partial charge in [-0.15, -0.1) is 0 Å². The van der Waals surface area contributed by atoms with Gasteiger partial charge in [-0.05, 0) is 36.0 Å². The number of ether oxygens (including phenoxy) is 1. The molecular weight excluding hydrogens is 431 g/mol. The molecule has 0 spiro atoms. The summed E-state index contributed by atoms with van der Waals surface area (Å²) in [6.45, 7) is 1.59. The summed E-state index contributed by atoms with van der Waals surface area (Å²) in [6, 6.07) is 3.56. The fraction of sp³-hybridized carbons (Fsp3) is 0.429. The Kier molecular flexibility index (Phi) is 8.19. The summed E-state index contributed by atoms with van der Waals surface area (Å²) in [7, 11) is 1.99. The fourth-order valence-corrected chi connectivity index (χ4v) is 3.27. The molecule has 25 heavy (non-hydrogen) atoms. The first-order valence-electron chi connectivity index (χ1n) is 7.21. The maximum atomic E-state index is 5.85. The Labute approximate surface area is 170 Å². The van der Waals surface area contributed by atoms with Gasteiger partial charge in [0, 0.05) is 38.4 Å². The van der Waals surface area contributed by atoms with E-state index in [0.29, 0.717) is 11.2 Å². The van der Waals surface area contributed by atoms with Crippen LogP contribution in [-0.4, -0.2) is 46.2 Å². The van der Waals surface area contributed by atoms with Crippen LogP contribution in [0.1, 0.15) is 12.8 Å². The second-order valence-electron chi connectivity index (χ2n) is 5.05. The molecular formula is C14H14Cl5N5O. The molecule has 6 nitrogen and oxygen atoms in total. The van der Waals surface area contributed by atoms with Gasteiger partial charge in [0.05, 0.1) is 0 Å². The predicted octanol–water partition coefficient (Wildman–Crippen LogP) is 4.84. The van der Waals surface area contributed by atoms with Gasteiger partial charge in [0.25, 0.3) is 0 Å². The third-order valence-electron chi connectivity index (χ3n) is 3.39. The van der Waals surface area contributed by atoms with Crippen LogP contribution in [0.2, 0.25) is 26.0 Å². The first kappa shape index (κ1) is 20.7. The standard InChI is InChI=1S/C10H13Cl2N3O.C4HCl3N2/c1-15(7-2-4-16-5-3-7)9-6-8(11)13-10(12)14-9;5-2-1-3(6)9-4(7)8-2/h6-7H,2-5H2,1H3;1H. The van der Waals surface area contributed by atoms with Gasteiger partial charge >= 0.3 is 0 Å². The summed E-state index contributed by atoms with van der Waals surface area (Å²) in [5.74, 6) is 0.761. The first-order chi connectivity index (χ1) is 11.8. The van der Waals surface area contributed by atoms with Crippen LogP contribution >= 0.6 is 58.0 Å². The molecule has 0 radical (unpaired) electrons. The van der Waals surface area contributed by atoms with Gasteiger partial charge in [-0.25, -0.2) is 19.9 Å². The molecule has 1 aliphatic heterocycles. The van der Waals surface area contributed by atoms with Gasteiger partial charge < -0.3 is 9.64 Å². The van der Waals surface area contributed by atoms with E-state index in [0.717, 1.165) is 31.9 Å². The molecule has 0 atom stereocenters. The van der Waals surface area contributed by atoms with Crippen LogP contribution < -0.4 is 4.90 Å². The predicted molar refractivity (Wildman–Crippen MR) is 101 cm³/mol. The number of anilines is 1. The van der Waals surface area contributed by atoms with Crippen LogP contribution in [0.4, 0.5) is 5.82 Å². The van der Waals surface area contributed by atoms with Crippen LogP contribution in [0.25, 0.3) is 0 Å². The second kappa shape index (κ2) is 9.90. The summed E-state index contributed by atoms with van der Waals surface area (Å²) >= 11 is 27.8. The normalized spacial score (nSPS) is 14.6. The van der Waals surface area contributed by atoms with E-state index >= 15 is 0 Å². The lowest BCUT2D eigenvalue weighted by molar-refractivity contribution is 0.0853. The van der Waals surface area contributed by atoms with E-state index in [4.69, 9.17) is 62.7 Å². The van der Waals surface area contributed by atoms with Gasteiger partial charge in [-0.2, -0.15) is 0 Å². The summed E-state index contributed by atoms with van der Waals surface area (Å²) in [4.78, 5) is 17.2. The van der Waals surface area contributed by atoms with E-state index in [1.54, 1.807) is 6.07 Å². The number of halogens is 5. The van der Waals surface area contributed by atoms with Gasteiger partial charge in [0.2, 0.25) is 10.6 Å². The third-order valence-corrected chi connectivity index (χ3v) is 4.31. The molecule has 3 rings (SSSR count). The van der Waals surface area contributed by atoms with E-state index in [9.17, 15) is 0 Å². The third kappa shape index (κ3) is 6.89. The van der Waals surface area contributed by atoms with Gasteiger partial charge in [-0.3, -0.25) is 0 Å². The van der Waals surface area contributed by atoms with E-state index in [1.165, 1.54) is 6.07 Å². The molecule has 0 bridgehead atoms. The molecule has 0 saturated carbocycles. The van der Waals surface area contributed by atoms with Crippen LogP contribution in [0.3, 0.4) is 0 Å². The second-order valence-corrected chi connectivity index (χ2v) is 6.89. The molecule has 1 fully saturated rings. The van der Waals surface area contributed by atoms with Crippen molar-refractivity contribution in [3.8, 4) is 0 Å². The molecule has 0 N–H and O–H groups in total. The smallest absolute Gasteiger partial charge is 0.225 e. The van der Waals surface area contributed by atoms with Crippen molar-refractivity contribution in [3.63, 3.8) is 0 Å². The van der Waals surface area contributed by atoms with Crippen LogP contribution in [0.5, 0.6) is 0 Å². The minimum Gasteiger partial charge on any atom is -0.381 e. The van der Waals surface area contributed by atoms with Crippen molar-refractivity contribution in [1.82, 2.24) is 19.9 Å². The molecule has 0 amide bonds. The highest BCUT2D eigenvalue weighted by atomic mass is 35.5. The first-order valence-corrected chi connectivity index (χ1v) is 9.10. The summed E-state index contributed by atoms with van der Waals surface area (Å²) in [6.07, 6.45) is 1.99. The highest BCUT2D eigenvalue weighted by Gasteiger charge is 2.20. The lowest BCUT2D eigenvalue weighted by Gasteiger charge is -2.32. The van der Waals surface area contributed by atoms with Gasteiger partial charge in [0.1, 0.15) is 21.3 Å². The van der Waals surface area contributed by atoms with E-state index < -0.39 is 0 Å². The number of nitrogens with zero attached hydrogens (tertiary/aromatic N) is 5.